The van der Waals surface area contributed by atoms with Crippen LogP contribution in [0.2, 0.25) is 0 Å². The molecule has 2 aromatic rings. The third-order valence-corrected chi connectivity index (χ3v) is 3.73. The Balaban J connectivity index is 2.15. The summed E-state index contributed by atoms with van der Waals surface area (Å²) in [6.45, 7) is 6.66. The van der Waals surface area contributed by atoms with Crippen LogP contribution in [-0.2, 0) is 5.41 Å². The SMILES string of the molecule is CNc1cncc(Sc2ccc(C(C)(C)C)cc2)n1. The van der Waals surface area contributed by atoms with Crippen molar-refractivity contribution < 1.29 is 0 Å². The predicted octanol–water partition coefficient (Wildman–Crippen LogP) is 3.97. The van der Waals surface area contributed by atoms with Crippen LogP contribution < -0.4 is 5.32 Å². The Morgan fingerprint density at radius 2 is 1.74 bits per heavy atom. The molecule has 0 fully saturated rings. The van der Waals surface area contributed by atoms with Crippen molar-refractivity contribution >= 4 is 17.6 Å². The lowest BCUT2D eigenvalue weighted by atomic mass is 9.87. The second-order valence-corrected chi connectivity index (χ2v) is 6.46. The first-order valence-corrected chi connectivity index (χ1v) is 7.09. The van der Waals surface area contributed by atoms with Gasteiger partial charge in [-0.3, -0.25) is 4.98 Å². The summed E-state index contributed by atoms with van der Waals surface area (Å²) >= 11 is 1.62. The smallest absolute Gasteiger partial charge is 0.145 e. The van der Waals surface area contributed by atoms with Gasteiger partial charge in [0.15, 0.2) is 0 Å². The molecule has 2 rings (SSSR count). The van der Waals surface area contributed by atoms with Gasteiger partial charge in [-0.05, 0) is 23.1 Å². The second kappa shape index (κ2) is 5.61. The summed E-state index contributed by atoms with van der Waals surface area (Å²) in [7, 11) is 1.84. The van der Waals surface area contributed by atoms with Gasteiger partial charge in [-0.1, -0.05) is 44.7 Å². The molecule has 0 radical (unpaired) electrons. The zero-order valence-electron chi connectivity index (χ0n) is 11.8. The topological polar surface area (TPSA) is 37.8 Å². The Morgan fingerprint density at radius 1 is 1.05 bits per heavy atom. The first-order chi connectivity index (χ1) is 8.99. The van der Waals surface area contributed by atoms with E-state index in [0.717, 1.165) is 10.8 Å². The minimum absolute atomic E-state index is 0.190. The molecule has 0 aliphatic rings. The molecule has 0 bridgehead atoms. The van der Waals surface area contributed by atoms with E-state index in [0.29, 0.717) is 0 Å². The first kappa shape index (κ1) is 13.9. The average molecular weight is 273 g/mol. The summed E-state index contributed by atoms with van der Waals surface area (Å²) in [5, 5.41) is 3.89. The molecule has 0 atom stereocenters. The van der Waals surface area contributed by atoms with Crippen LogP contribution in [0, 0.1) is 0 Å². The number of benzene rings is 1. The molecule has 0 saturated heterocycles. The van der Waals surface area contributed by atoms with Gasteiger partial charge in [0.1, 0.15) is 10.8 Å². The van der Waals surface area contributed by atoms with Crippen molar-refractivity contribution in [1.82, 2.24) is 9.97 Å². The van der Waals surface area contributed by atoms with Crippen LogP contribution in [0.15, 0.2) is 46.6 Å². The molecule has 0 aliphatic carbocycles. The molecular weight excluding hydrogens is 254 g/mol. The largest absolute Gasteiger partial charge is 0.372 e. The highest BCUT2D eigenvalue weighted by Crippen LogP contribution is 2.29. The lowest BCUT2D eigenvalue weighted by Crippen LogP contribution is -2.10. The van der Waals surface area contributed by atoms with E-state index < -0.39 is 0 Å². The highest BCUT2D eigenvalue weighted by atomic mass is 32.2. The first-order valence-electron chi connectivity index (χ1n) is 6.27. The van der Waals surface area contributed by atoms with Crippen LogP contribution in [0.3, 0.4) is 0 Å². The number of rotatable bonds is 3. The number of anilines is 1. The van der Waals surface area contributed by atoms with E-state index >= 15 is 0 Å². The molecule has 4 heteroatoms. The lowest BCUT2D eigenvalue weighted by Gasteiger charge is -2.18. The molecule has 100 valence electrons. The summed E-state index contributed by atoms with van der Waals surface area (Å²) in [5.74, 6) is 0.788. The molecule has 1 heterocycles. The van der Waals surface area contributed by atoms with E-state index in [-0.39, 0.29) is 5.41 Å². The maximum Gasteiger partial charge on any atom is 0.145 e. The maximum atomic E-state index is 4.45. The van der Waals surface area contributed by atoms with Gasteiger partial charge in [0.25, 0.3) is 0 Å². The van der Waals surface area contributed by atoms with Gasteiger partial charge in [-0.15, -0.1) is 0 Å². The van der Waals surface area contributed by atoms with Crippen molar-refractivity contribution in [3.8, 4) is 0 Å². The number of hydrogen-bond donors (Lipinski definition) is 1. The molecule has 0 spiro atoms. The Morgan fingerprint density at radius 3 is 2.32 bits per heavy atom. The van der Waals surface area contributed by atoms with Crippen LogP contribution in [0.1, 0.15) is 26.3 Å². The number of aromatic nitrogens is 2. The molecular formula is C15H19N3S. The molecule has 0 amide bonds. The quantitative estimate of drug-likeness (QED) is 0.918. The fourth-order valence-electron chi connectivity index (χ4n) is 1.66. The zero-order chi connectivity index (χ0) is 13.9. The monoisotopic (exact) mass is 273 g/mol. The van der Waals surface area contributed by atoms with Crippen molar-refractivity contribution in [2.24, 2.45) is 0 Å². The van der Waals surface area contributed by atoms with Crippen molar-refractivity contribution in [1.29, 1.82) is 0 Å². The van der Waals surface area contributed by atoms with Crippen LogP contribution in [0.4, 0.5) is 5.82 Å². The summed E-state index contributed by atoms with van der Waals surface area (Å²) in [5.41, 5.74) is 1.53. The van der Waals surface area contributed by atoms with E-state index in [1.807, 2.05) is 7.05 Å². The van der Waals surface area contributed by atoms with Gasteiger partial charge in [0.05, 0.1) is 12.4 Å². The van der Waals surface area contributed by atoms with Gasteiger partial charge >= 0.3 is 0 Å². The molecule has 19 heavy (non-hydrogen) atoms. The van der Waals surface area contributed by atoms with Gasteiger partial charge in [0, 0.05) is 11.9 Å². The minimum Gasteiger partial charge on any atom is -0.372 e. The summed E-state index contributed by atoms with van der Waals surface area (Å²) in [4.78, 5) is 9.79. The lowest BCUT2D eigenvalue weighted by molar-refractivity contribution is 0.590. The van der Waals surface area contributed by atoms with Crippen molar-refractivity contribution in [2.45, 2.75) is 36.1 Å². The average Bonchev–Trinajstić information content (AvgIpc) is 2.38. The minimum atomic E-state index is 0.190. The second-order valence-electron chi connectivity index (χ2n) is 5.37. The summed E-state index contributed by atoms with van der Waals surface area (Å²) in [6.07, 6.45) is 3.50. The number of nitrogens with one attached hydrogen (secondary N) is 1. The van der Waals surface area contributed by atoms with Crippen molar-refractivity contribution in [2.75, 3.05) is 12.4 Å². The van der Waals surface area contributed by atoms with E-state index in [4.69, 9.17) is 0 Å². The molecule has 1 N–H and O–H groups in total. The van der Waals surface area contributed by atoms with Gasteiger partial charge < -0.3 is 5.32 Å². The predicted molar refractivity (Wildman–Crippen MR) is 80.8 cm³/mol. The van der Waals surface area contributed by atoms with Gasteiger partial charge in [-0.25, -0.2) is 4.98 Å². The normalized spacial score (nSPS) is 11.4. The summed E-state index contributed by atoms with van der Waals surface area (Å²) < 4.78 is 0. The molecule has 0 saturated carbocycles. The summed E-state index contributed by atoms with van der Waals surface area (Å²) in [6, 6.07) is 8.63. The molecule has 0 unspecified atom stereocenters. The van der Waals surface area contributed by atoms with Gasteiger partial charge in [-0.2, -0.15) is 0 Å². The van der Waals surface area contributed by atoms with E-state index in [2.05, 4.69) is 60.3 Å². The highest BCUT2D eigenvalue weighted by molar-refractivity contribution is 7.99. The molecule has 3 nitrogen and oxygen atoms in total. The Hall–Kier alpha value is -1.55. The standard InChI is InChI=1S/C15H19N3S/c1-15(2,3)11-5-7-12(8-6-11)19-14-10-17-9-13(16-4)18-14/h5-10H,1-4H3,(H,16,18). The Labute approximate surface area is 118 Å². The number of hydrogen-bond acceptors (Lipinski definition) is 4. The van der Waals surface area contributed by atoms with Crippen molar-refractivity contribution in [3.63, 3.8) is 0 Å². The molecule has 1 aromatic heterocycles. The third kappa shape index (κ3) is 3.70. The van der Waals surface area contributed by atoms with Crippen LogP contribution in [0.25, 0.3) is 0 Å². The molecule has 0 aliphatic heterocycles. The molecule has 1 aromatic carbocycles. The van der Waals surface area contributed by atoms with Crippen LogP contribution in [-0.4, -0.2) is 17.0 Å². The fourth-order valence-corrected chi connectivity index (χ4v) is 2.43. The zero-order valence-corrected chi connectivity index (χ0v) is 12.6. The fraction of sp³-hybridized carbons (Fsp3) is 0.333. The van der Waals surface area contributed by atoms with Crippen LogP contribution >= 0.6 is 11.8 Å². The Bertz CT molecular complexity index is 544. The van der Waals surface area contributed by atoms with Gasteiger partial charge in [0.2, 0.25) is 0 Å². The van der Waals surface area contributed by atoms with Crippen LogP contribution in [0.5, 0.6) is 0 Å². The van der Waals surface area contributed by atoms with E-state index in [1.54, 1.807) is 24.2 Å². The van der Waals surface area contributed by atoms with Crippen molar-refractivity contribution in [3.05, 3.63) is 42.2 Å². The number of nitrogens with zero attached hydrogens (tertiary/aromatic N) is 2. The Kier molecular flexibility index (Phi) is 4.10. The maximum absolute atomic E-state index is 4.45. The highest BCUT2D eigenvalue weighted by Gasteiger charge is 2.13. The van der Waals surface area contributed by atoms with E-state index in [1.165, 1.54) is 10.5 Å². The third-order valence-electron chi connectivity index (χ3n) is 2.81. The van der Waals surface area contributed by atoms with E-state index in [9.17, 15) is 0 Å².